The van der Waals surface area contributed by atoms with Gasteiger partial charge in [-0.1, -0.05) is 0 Å². The number of aromatic nitrogens is 1. The lowest BCUT2D eigenvalue weighted by molar-refractivity contribution is -0.119. The van der Waals surface area contributed by atoms with Crippen molar-refractivity contribution in [2.24, 2.45) is 5.73 Å². The van der Waals surface area contributed by atoms with Crippen molar-refractivity contribution in [1.82, 2.24) is 14.2 Å². The number of hydrogen-bond donors (Lipinski definition) is 1. The number of carbonyl (C=O) groups excluding carboxylic acids is 1. The number of sulfonamides is 1. The van der Waals surface area contributed by atoms with Gasteiger partial charge in [0.05, 0.1) is 6.54 Å². The molecule has 19 heavy (non-hydrogen) atoms. The number of nitrogens with zero attached hydrogens (tertiary/aromatic N) is 3. The topological polar surface area (TPSA) is 96.6 Å². The molecule has 1 fully saturated rings. The molecule has 104 valence electrons. The summed E-state index contributed by atoms with van der Waals surface area (Å²) in [5.74, 6) is -0.399. The third-order valence-corrected chi connectivity index (χ3v) is 4.87. The molecule has 0 bridgehead atoms. The summed E-state index contributed by atoms with van der Waals surface area (Å²) in [6, 6.07) is 3.12. The molecular formula is C11H16N4O3S. The maximum absolute atomic E-state index is 12.3. The van der Waals surface area contributed by atoms with Crippen molar-refractivity contribution in [3.8, 4) is 0 Å². The Hall–Kier alpha value is -1.51. The Balaban J connectivity index is 2.03. The van der Waals surface area contributed by atoms with Gasteiger partial charge in [-0.2, -0.15) is 4.31 Å². The first-order valence-corrected chi connectivity index (χ1v) is 7.35. The van der Waals surface area contributed by atoms with E-state index in [0.29, 0.717) is 26.2 Å². The number of amides is 1. The molecule has 0 aliphatic carbocycles. The number of hydrogen-bond acceptors (Lipinski definition) is 5. The first-order valence-electron chi connectivity index (χ1n) is 5.91. The molecule has 1 aromatic heterocycles. The zero-order valence-corrected chi connectivity index (χ0v) is 11.2. The molecule has 1 saturated heterocycles. The van der Waals surface area contributed by atoms with Crippen LogP contribution in [0.25, 0.3) is 0 Å². The second kappa shape index (κ2) is 5.64. The number of rotatable bonds is 4. The Kier molecular flexibility index (Phi) is 4.13. The van der Waals surface area contributed by atoms with Crippen LogP contribution in [-0.4, -0.2) is 61.2 Å². The number of primary amides is 1. The van der Waals surface area contributed by atoms with Crippen molar-refractivity contribution in [2.45, 2.75) is 4.90 Å². The Morgan fingerprint density at radius 1 is 1.32 bits per heavy atom. The van der Waals surface area contributed by atoms with Crippen molar-refractivity contribution < 1.29 is 13.2 Å². The Morgan fingerprint density at radius 3 is 2.53 bits per heavy atom. The van der Waals surface area contributed by atoms with Gasteiger partial charge in [-0.15, -0.1) is 0 Å². The molecule has 0 saturated carbocycles. The lowest BCUT2D eigenvalue weighted by atomic mass is 10.3. The molecule has 1 aliphatic heterocycles. The molecule has 2 N–H and O–H groups in total. The largest absolute Gasteiger partial charge is 0.369 e. The van der Waals surface area contributed by atoms with Gasteiger partial charge in [-0.05, 0) is 12.1 Å². The van der Waals surface area contributed by atoms with Gasteiger partial charge in [0.15, 0.2) is 0 Å². The van der Waals surface area contributed by atoms with E-state index in [0.717, 1.165) is 0 Å². The van der Waals surface area contributed by atoms with E-state index in [-0.39, 0.29) is 11.4 Å². The molecule has 1 aliphatic rings. The molecular weight excluding hydrogens is 268 g/mol. The average molecular weight is 284 g/mol. The summed E-state index contributed by atoms with van der Waals surface area (Å²) in [6.07, 6.45) is 2.87. The second-order valence-corrected chi connectivity index (χ2v) is 6.27. The highest BCUT2D eigenvalue weighted by atomic mass is 32.2. The molecule has 1 aromatic rings. The summed E-state index contributed by atoms with van der Waals surface area (Å²) in [6.45, 7) is 1.88. The molecule has 0 unspecified atom stereocenters. The number of nitrogens with two attached hydrogens (primary N) is 1. The summed E-state index contributed by atoms with van der Waals surface area (Å²) in [4.78, 5) is 16.7. The van der Waals surface area contributed by atoms with Crippen LogP contribution in [0, 0.1) is 0 Å². The lowest BCUT2D eigenvalue weighted by Gasteiger charge is -2.33. The van der Waals surface area contributed by atoms with E-state index in [4.69, 9.17) is 5.73 Å². The molecule has 7 nitrogen and oxygen atoms in total. The van der Waals surface area contributed by atoms with Crippen LogP contribution >= 0.6 is 0 Å². The molecule has 0 atom stereocenters. The standard InChI is InChI=1S/C11H16N4O3S/c12-11(16)9-14-4-6-15(7-5-14)19(17,18)10-2-1-3-13-8-10/h1-3,8H,4-7,9H2,(H2,12,16). The van der Waals surface area contributed by atoms with Crippen LogP contribution in [0.5, 0.6) is 0 Å². The predicted molar refractivity (Wildman–Crippen MR) is 68.6 cm³/mol. The molecule has 2 rings (SSSR count). The fourth-order valence-corrected chi connectivity index (χ4v) is 3.38. The SMILES string of the molecule is NC(=O)CN1CCN(S(=O)(=O)c2cccnc2)CC1. The summed E-state index contributed by atoms with van der Waals surface area (Å²) in [5, 5.41) is 0. The van der Waals surface area contributed by atoms with E-state index in [1.165, 1.54) is 22.8 Å². The van der Waals surface area contributed by atoms with Crippen molar-refractivity contribution in [3.63, 3.8) is 0 Å². The second-order valence-electron chi connectivity index (χ2n) is 4.34. The quantitative estimate of drug-likeness (QED) is 0.755. The summed E-state index contributed by atoms with van der Waals surface area (Å²) in [5.41, 5.74) is 5.11. The normalized spacial score (nSPS) is 18.3. The molecule has 2 heterocycles. The van der Waals surface area contributed by atoms with Gasteiger partial charge in [0, 0.05) is 38.6 Å². The van der Waals surface area contributed by atoms with E-state index in [1.807, 2.05) is 4.90 Å². The summed E-state index contributed by atoms with van der Waals surface area (Å²) >= 11 is 0. The fraction of sp³-hybridized carbons (Fsp3) is 0.455. The van der Waals surface area contributed by atoms with Crippen molar-refractivity contribution in [1.29, 1.82) is 0 Å². The highest BCUT2D eigenvalue weighted by molar-refractivity contribution is 7.89. The van der Waals surface area contributed by atoms with Crippen molar-refractivity contribution >= 4 is 15.9 Å². The van der Waals surface area contributed by atoms with Crippen LogP contribution in [0.2, 0.25) is 0 Å². The first-order chi connectivity index (χ1) is 9.00. The molecule has 1 amide bonds. The smallest absolute Gasteiger partial charge is 0.244 e. The predicted octanol–water partition coefficient (Wildman–Crippen LogP) is -1.13. The van der Waals surface area contributed by atoms with Crippen LogP contribution in [0.15, 0.2) is 29.4 Å². The van der Waals surface area contributed by atoms with E-state index in [1.54, 1.807) is 6.07 Å². The Bertz CT molecular complexity index is 538. The number of carbonyl (C=O) groups is 1. The van der Waals surface area contributed by atoms with E-state index >= 15 is 0 Å². The highest BCUT2D eigenvalue weighted by Gasteiger charge is 2.28. The van der Waals surface area contributed by atoms with Gasteiger partial charge >= 0.3 is 0 Å². The van der Waals surface area contributed by atoms with Crippen LogP contribution in [-0.2, 0) is 14.8 Å². The van der Waals surface area contributed by atoms with Crippen LogP contribution in [0.4, 0.5) is 0 Å². The number of pyridine rings is 1. The summed E-state index contributed by atoms with van der Waals surface area (Å²) in [7, 11) is -3.49. The van der Waals surface area contributed by atoms with Crippen molar-refractivity contribution in [3.05, 3.63) is 24.5 Å². The van der Waals surface area contributed by atoms with Gasteiger partial charge in [-0.25, -0.2) is 8.42 Å². The first kappa shape index (κ1) is 13.9. The third kappa shape index (κ3) is 3.28. The van der Waals surface area contributed by atoms with Gasteiger partial charge in [0.25, 0.3) is 0 Å². The van der Waals surface area contributed by atoms with Crippen molar-refractivity contribution in [2.75, 3.05) is 32.7 Å². The Labute approximate surface area is 112 Å². The number of piperazine rings is 1. The fourth-order valence-electron chi connectivity index (χ4n) is 2.00. The highest BCUT2D eigenvalue weighted by Crippen LogP contribution is 2.16. The maximum Gasteiger partial charge on any atom is 0.244 e. The Morgan fingerprint density at radius 2 is 2.00 bits per heavy atom. The minimum Gasteiger partial charge on any atom is -0.369 e. The van der Waals surface area contributed by atoms with Crippen LogP contribution in [0.3, 0.4) is 0 Å². The van der Waals surface area contributed by atoms with Gasteiger partial charge in [-0.3, -0.25) is 14.7 Å². The zero-order chi connectivity index (χ0) is 13.9. The molecule has 8 heteroatoms. The van der Waals surface area contributed by atoms with E-state index in [2.05, 4.69) is 4.98 Å². The van der Waals surface area contributed by atoms with Gasteiger partial charge in [0.1, 0.15) is 4.90 Å². The van der Waals surface area contributed by atoms with Gasteiger partial charge < -0.3 is 5.73 Å². The third-order valence-electron chi connectivity index (χ3n) is 2.98. The molecule has 0 radical (unpaired) electrons. The zero-order valence-electron chi connectivity index (χ0n) is 10.4. The lowest BCUT2D eigenvalue weighted by Crippen LogP contribution is -2.50. The van der Waals surface area contributed by atoms with Crippen LogP contribution < -0.4 is 5.73 Å². The van der Waals surface area contributed by atoms with E-state index < -0.39 is 15.9 Å². The summed E-state index contributed by atoms with van der Waals surface area (Å²) < 4.78 is 26.0. The monoisotopic (exact) mass is 284 g/mol. The maximum atomic E-state index is 12.3. The molecule has 0 aromatic carbocycles. The van der Waals surface area contributed by atoms with Crippen LogP contribution in [0.1, 0.15) is 0 Å². The minimum absolute atomic E-state index is 0.167. The molecule has 0 spiro atoms. The average Bonchev–Trinajstić information content (AvgIpc) is 2.40. The van der Waals surface area contributed by atoms with E-state index in [9.17, 15) is 13.2 Å². The van der Waals surface area contributed by atoms with Gasteiger partial charge in [0.2, 0.25) is 15.9 Å². The minimum atomic E-state index is -3.49.